The number of hydrogen-bond donors (Lipinski definition) is 4. The molecule has 0 radical (unpaired) electrons. The number of guanidine groups is 1. The van der Waals surface area contributed by atoms with Crippen LogP contribution in [0.3, 0.4) is 0 Å². The minimum atomic E-state index is -0.491. The van der Waals surface area contributed by atoms with E-state index in [1.54, 1.807) is 0 Å². The van der Waals surface area contributed by atoms with E-state index >= 15 is 0 Å². The third kappa shape index (κ3) is 8.51. The topological polar surface area (TPSA) is 90.5 Å². The molecule has 0 atom stereocenters. The summed E-state index contributed by atoms with van der Waals surface area (Å²) < 4.78 is 5.22. The number of rotatable bonds is 7. The summed E-state index contributed by atoms with van der Waals surface area (Å²) in [5, 5.41) is 10.4. The number of aliphatic imine (C=N–C) groups is 1. The van der Waals surface area contributed by atoms with Gasteiger partial charge in [0.15, 0.2) is 5.96 Å². The van der Waals surface area contributed by atoms with Crippen molar-refractivity contribution in [1.82, 2.24) is 20.9 Å². The van der Waals surface area contributed by atoms with Crippen molar-refractivity contribution in [3.8, 4) is 0 Å². The summed E-state index contributed by atoms with van der Waals surface area (Å²) in [6.45, 7) is 12.1. The Labute approximate surface area is 190 Å². The van der Waals surface area contributed by atoms with Crippen LogP contribution in [0.5, 0.6) is 0 Å². The molecular weight excluding hydrogens is 481 g/mol. The molecule has 0 aliphatic heterocycles. The second-order valence-electron chi connectivity index (χ2n) is 7.68. The van der Waals surface area contributed by atoms with Crippen molar-refractivity contribution in [3.63, 3.8) is 0 Å². The Morgan fingerprint density at radius 3 is 2.59 bits per heavy atom. The third-order valence-electron chi connectivity index (χ3n) is 4.09. The molecule has 0 aliphatic rings. The Hall–Kier alpha value is -1.97. The first-order valence-corrected chi connectivity index (χ1v) is 9.84. The lowest BCUT2D eigenvalue weighted by Gasteiger charge is -2.19. The average Bonchev–Trinajstić information content (AvgIpc) is 3.02. The first-order valence-electron chi connectivity index (χ1n) is 9.84. The molecule has 0 saturated carbocycles. The van der Waals surface area contributed by atoms with E-state index in [-0.39, 0.29) is 24.0 Å². The van der Waals surface area contributed by atoms with Crippen LogP contribution in [0.15, 0.2) is 29.4 Å². The van der Waals surface area contributed by atoms with Crippen molar-refractivity contribution in [2.75, 3.05) is 26.2 Å². The van der Waals surface area contributed by atoms with Gasteiger partial charge in [-0.15, -0.1) is 24.0 Å². The molecule has 0 fully saturated rings. The van der Waals surface area contributed by atoms with Gasteiger partial charge in [0.05, 0.1) is 0 Å². The maximum Gasteiger partial charge on any atom is 0.407 e. The number of H-pyrrole nitrogens is 1. The lowest BCUT2D eigenvalue weighted by atomic mass is 10.1. The minimum Gasteiger partial charge on any atom is -0.444 e. The summed E-state index contributed by atoms with van der Waals surface area (Å²) in [4.78, 5) is 19.6. The number of fused-ring (bicyclic) bond motifs is 1. The van der Waals surface area contributed by atoms with E-state index < -0.39 is 11.7 Å². The number of halogens is 1. The lowest BCUT2D eigenvalue weighted by molar-refractivity contribution is 0.0529. The highest BCUT2D eigenvalue weighted by atomic mass is 127. The van der Waals surface area contributed by atoms with Crippen LogP contribution in [0.4, 0.5) is 4.79 Å². The van der Waals surface area contributed by atoms with Crippen LogP contribution < -0.4 is 16.0 Å². The molecule has 1 heterocycles. The molecule has 7 nitrogen and oxygen atoms in total. The van der Waals surface area contributed by atoms with Crippen LogP contribution in [0.1, 0.15) is 38.8 Å². The van der Waals surface area contributed by atoms with Crippen LogP contribution in [0.2, 0.25) is 0 Å². The van der Waals surface area contributed by atoms with Crippen molar-refractivity contribution >= 4 is 46.9 Å². The van der Waals surface area contributed by atoms with Crippen molar-refractivity contribution in [2.24, 2.45) is 4.99 Å². The number of amides is 1. The van der Waals surface area contributed by atoms with Gasteiger partial charge < -0.3 is 25.7 Å². The number of aryl methyl sites for hydroxylation is 1. The van der Waals surface area contributed by atoms with Gasteiger partial charge in [-0.3, -0.25) is 4.99 Å². The van der Waals surface area contributed by atoms with Gasteiger partial charge in [-0.25, -0.2) is 4.79 Å². The molecule has 0 saturated heterocycles. The van der Waals surface area contributed by atoms with Gasteiger partial charge in [0, 0.05) is 43.3 Å². The maximum atomic E-state index is 11.7. The molecule has 162 valence electrons. The fraction of sp³-hybridized carbons (Fsp3) is 0.524. The van der Waals surface area contributed by atoms with Crippen LogP contribution in [-0.4, -0.2) is 48.8 Å². The SMILES string of the molecule is CCNC(=NCCc1c[nH]c2c(C)cccc12)NCCNC(=O)OC(C)(C)C.I. The monoisotopic (exact) mass is 515 g/mol. The van der Waals surface area contributed by atoms with Crippen LogP contribution >= 0.6 is 24.0 Å². The van der Waals surface area contributed by atoms with Crippen molar-refractivity contribution in [3.05, 3.63) is 35.5 Å². The second-order valence-corrected chi connectivity index (χ2v) is 7.68. The summed E-state index contributed by atoms with van der Waals surface area (Å²) in [6, 6.07) is 6.34. The van der Waals surface area contributed by atoms with Gasteiger partial charge >= 0.3 is 6.09 Å². The summed E-state index contributed by atoms with van der Waals surface area (Å²) in [5.74, 6) is 0.740. The number of nitrogens with zero attached hydrogens (tertiary/aromatic N) is 1. The number of alkyl carbamates (subject to hydrolysis) is 1. The van der Waals surface area contributed by atoms with Gasteiger partial charge in [0.1, 0.15) is 5.60 Å². The predicted octanol–water partition coefficient (Wildman–Crippen LogP) is 3.72. The fourth-order valence-electron chi connectivity index (χ4n) is 2.86. The summed E-state index contributed by atoms with van der Waals surface area (Å²) >= 11 is 0. The Morgan fingerprint density at radius 2 is 1.90 bits per heavy atom. The number of nitrogens with one attached hydrogen (secondary N) is 4. The number of carbonyl (C=O) groups excluding carboxylic acids is 1. The smallest absolute Gasteiger partial charge is 0.407 e. The lowest BCUT2D eigenvalue weighted by Crippen LogP contribution is -2.42. The van der Waals surface area contributed by atoms with Gasteiger partial charge in [-0.2, -0.15) is 0 Å². The van der Waals surface area contributed by atoms with E-state index in [9.17, 15) is 4.79 Å². The molecule has 0 bridgehead atoms. The molecule has 4 N–H and O–H groups in total. The number of aromatic nitrogens is 1. The molecular formula is C21H34IN5O2. The van der Waals surface area contributed by atoms with Crippen LogP contribution in [0, 0.1) is 6.92 Å². The van der Waals surface area contributed by atoms with E-state index in [0.29, 0.717) is 19.6 Å². The highest BCUT2D eigenvalue weighted by Gasteiger charge is 2.15. The van der Waals surface area contributed by atoms with Crippen molar-refractivity contribution in [1.29, 1.82) is 0 Å². The Kier molecular flexibility index (Phi) is 10.3. The van der Waals surface area contributed by atoms with Crippen molar-refractivity contribution < 1.29 is 9.53 Å². The van der Waals surface area contributed by atoms with Gasteiger partial charge in [-0.1, -0.05) is 18.2 Å². The van der Waals surface area contributed by atoms with Crippen LogP contribution in [-0.2, 0) is 11.2 Å². The standard InChI is InChI=1S/C21H33N5O2.HI/c1-6-22-19(24-12-13-25-20(27)28-21(3,4)5)23-11-10-16-14-26-18-15(2)8-7-9-17(16)18;/h7-9,14,26H,6,10-13H2,1-5H3,(H,25,27)(H2,22,23,24);1H. The van der Waals surface area contributed by atoms with Gasteiger partial charge in [-0.05, 0) is 52.2 Å². The second kappa shape index (κ2) is 11.9. The molecule has 2 rings (SSSR count). The molecule has 0 aliphatic carbocycles. The van der Waals surface area contributed by atoms with Gasteiger partial charge in [0.25, 0.3) is 0 Å². The van der Waals surface area contributed by atoms with E-state index in [4.69, 9.17) is 4.74 Å². The quantitative estimate of drug-likeness (QED) is 0.196. The summed E-state index contributed by atoms with van der Waals surface area (Å²) in [5.41, 5.74) is 3.22. The number of aromatic amines is 1. The van der Waals surface area contributed by atoms with Gasteiger partial charge in [0.2, 0.25) is 0 Å². The molecule has 2 aromatic rings. The number of hydrogen-bond acceptors (Lipinski definition) is 3. The Bertz CT molecular complexity index is 811. The van der Waals surface area contributed by atoms with E-state index in [2.05, 4.69) is 57.2 Å². The zero-order valence-electron chi connectivity index (χ0n) is 18.0. The number of benzene rings is 1. The Balaban J connectivity index is 0.00000420. The Morgan fingerprint density at radius 1 is 1.17 bits per heavy atom. The number of carbonyl (C=O) groups is 1. The normalized spacial score (nSPS) is 11.7. The first kappa shape index (κ1) is 25.1. The molecule has 8 heteroatoms. The molecule has 1 aromatic carbocycles. The minimum absolute atomic E-state index is 0. The fourth-order valence-corrected chi connectivity index (χ4v) is 2.86. The van der Waals surface area contributed by atoms with E-state index in [0.717, 1.165) is 18.9 Å². The zero-order chi connectivity index (χ0) is 20.6. The van der Waals surface area contributed by atoms with E-state index in [1.165, 1.54) is 22.0 Å². The average molecular weight is 515 g/mol. The van der Waals surface area contributed by atoms with E-state index in [1.807, 2.05) is 27.7 Å². The zero-order valence-corrected chi connectivity index (χ0v) is 20.3. The molecule has 0 unspecified atom stereocenters. The molecule has 1 amide bonds. The molecule has 0 spiro atoms. The van der Waals surface area contributed by atoms with Crippen LogP contribution in [0.25, 0.3) is 10.9 Å². The molecule has 29 heavy (non-hydrogen) atoms. The summed E-state index contributed by atoms with van der Waals surface area (Å²) in [7, 11) is 0. The first-order chi connectivity index (χ1) is 13.3. The summed E-state index contributed by atoms with van der Waals surface area (Å²) in [6.07, 6.45) is 2.51. The number of ether oxygens (including phenoxy) is 1. The largest absolute Gasteiger partial charge is 0.444 e. The third-order valence-corrected chi connectivity index (χ3v) is 4.09. The maximum absolute atomic E-state index is 11.7. The highest BCUT2D eigenvalue weighted by molar-refractivity contribution is 14.0. The molecule has 1 aromatic heterocycles. The predicted molar refractivity (Wildman–Crippen MR) is 130 cm³/mol. The van der Waals surface area contributed by atoms with Crippen molar-refractivity contribution in [2.45, 2.75) is 46.6 Å². The highest BCUT2D eigenvalue weighted by Crippen LogP contribution is 2.21. The number of para-hydroxylation sites is 1.